The van der Waals surface area contributed by atoms with E-state index in [1.54, 1.807) is 29.2 Å². The van der Waals surface area contributed by atoms with Gasteiger partial charge in [0.15, 0.2) is 0 Å². The highest BCUT2D eigenvalue weighted by Crippen LogP contribution is 2.30. The maximum Gasteiger partial charge on any atom is 0.293 e. The van der Waals surface area contributed by atoms with E-state index in [0.29, 0.717) is 29.7 Å². The van der Waals surface area contributed by atoms with E-state index in [0.717, 1.165) is 5.56 Å². The SMILES string of the molecule is O=C1C(Nc2ccc(Br)cc2[N+](=O)[O-])CCN1Cc1ccc(F)cc1. The first-order valence-electron chi connectivity index (χ1n) is 7.68. The topological polar surface area (TPSA) is 75.5 Å². The number of anilines is 1. The van der Waals surface area contributed by atoms with Crippen LogP contribution in [-0.4, -0.2) is 28.3 Å². The van der Waals surface area contributed by atoms with E-state index in [-0.39, 0.29) is 17.4 Å². The number of halogens is 2. The average molecular weight is 408 g/mol. The number of nitro groups is 1. The number of rotatable bonds is 5. The van der Waals surface area contributed by atoms with Crippen LogP contribution in [0.1, 0.15) is 12.0 Å². The molecule has 0 aliphatic carbocycles. The van der Waals surface area contributed by atoms with E-state index in [2.05, 4.69) is 21.2 Å². The zero-order valence-corrected chi connectivity index (χ0v) is 14.7. The third-order valence-electron chi connectivity index (χ3n) is 4.07. The van der Waals surface area contributed by atoms with Crippen molar-refractivity contribution in [3.63, 3.8) is 0 Å². The molecule has 0 radical (unpaired) electrons. The van der Waals surface area contributed by atoms with Crippen molar-refractivity contribution in [3.8, 4) is 0 Å². The predicted molar refractivity (Wildman–Crippen MR) is 94.6 cm³/mol. The van der Waals surface area contributed by atoms with Crippen LogP contribution in [0.5, 0.6) is 0 Å². The Bertz CT molecular complexity index is 813. The molecule has 1 unspecified atom stereocenters. The summed E-state index contributed by atoms with van der Waals surface area (Å²) in [5.41, 5.74) is 1.07. The molecule has 2 aromatic carbocycles. The van der Waals surface area contributed by atoms with Gasteiger partial charge in [-0.3, -0.25) is 14.9 Å². The van der Waals surface area contributed by atoms with Crippen molar-refractivity contribution in [1.82, 2.24) is 4.90 Å². The molecule has 1 aliphatic rings. The third-order valence-corrected chi connectivity index (χ3v) is 4.56. The van der Waals surface area contributed by atoms with Crippen LogP contribution < -0.4 is 5.32 Å². The Morgan fingerprint density at radius 3 is 2.68 bits per heavy atom. The summed E-state index contributed by atoms with van der Waals surface area (Å²) in [6.07, 6.45) is 0.549. The Labute approximate surface area is 151 Å². The van der Waals surface area contributed by atoms with E-state index in [1.165, 1.54) is 18.2 Å². The van der Waals surface area contributed by atoms with Crippen LogP contribution in [-0.2, 0) is 11.3 Å². The van der Waals surface area contributed by atoms with Gasteiger partial charge in [0.05, 0.1) is 4.92 Å². The minimum atomic E-state index is -0.514. The summed E-state index contributed by atoms with van der Waals surface area (Å²) >= 11 is 3.21. The fourth-order valence-corrected chi connectivity index (χ4v) is 3.15. The summed E-state index contributed by atoms with van der Waals surface area (Å²) in [5, 5.41) is 14.2. The van der Waals surface area contributed by atoms with Crippen molar-refractivity contribution in [3.05, 3.63) is 68.4 Å². The molecule has 25 heavy (non-hydrogen) atoms. The van der Waals surface area contributed by atoms with Crippen molar-refractivity contribution < 1.29 is 14.1 Å². The lowest BCUT2D eigenvalue weighted by Gasteiger charge is -2.18. The Kier molecular flexibility index (Phi) is 4.98. The van der Waals surface area contributed by atoms with Crippen LogP contribution in [0.4, 0.5) is 15.8 Å². The Morgan fingerprint density at radius 2 is 2.00 bits per heavy atom. The Balaban J connectivity index is 1.70. The number of likely N-dealkylation sites (tertiary alicyclic amines) is 1. The number of benzene rings is 2. The van der Waals surface area contributed by atoms with Gasteiger partial charge in [-0.25, -0.2) is 4.39 Å². The lowest BCUT2D eigenvalue weighted by Crippen LogP contribution is -2.33. The van der Waals surface area contributed by atoms with Crippen molar-refractivity contribution in [2.24, 2.45) is 0 Å². The number of nitrogens with zero attached hydrogens (tertiary/aromatic N) is 2. The fourth-order valence-electron chi connectivity index (χ4n) is 2.81. The lowest BCUT2D eigenvalue weighted by atomic mass is 10.2. The van der Waals surface area contributed by atoms with E-state index < -0.39 is 11.0 Å². The highest BCUT2D eigenvalue weighted by molar-refractivity contribution is 9.10. The monoisotopic (exact) mass is 407 g/mol. The second-order valence-corrected chi connectivity index (χ2v) is 6.71. The van der Waals surface area contributed by atoms with E-state index >= 15 is 0 Å². The van der Waals surface area contributed by atoms with Crippen molar-refractivity contribution in [2.45, 2.75) is 19.0 Å². The number of hydrogen-bond donors (Lipinski definition) is 1. The maximum atomic E-state index is 13.0. The normalized spacial score (nSPS) is 17.0. The molecule has 0 saturated carbocycles. The van der Waals surface area contributed by atoms with Gasteiger partial charge in [0, 0.05) is 23.6 Å². The standard InChI is InChI=1S/C17H15BrFN3O3/c18-12-3-6-14(16(9-12)22(24)25)20-15-7-8-21(17(15)23)10-11-1-4-13(19)5-2-11/h1-6,9,15,20H,7-8,10H2. The smallest absolute Gasteiger partial charge is 0.293 e. The minimum Gasteiger partial charge on any atom is -0.368 e. The highest BCUT2D eigenvalue weighted by Gasteiger charge is 2.32. The molecule has 1 aliphatic heterocycles. The van der Waals surface area contributed by atoms with Crippen LogP contribution in [0.2, 0.25) is 0 Å². The van der Waals surface area contributed by atoms with Gasteiger partial charge < -0.3 is 10.2 Å². The van der Waals surface area contributed by atoms with E-state index in [4.69, 9.17) is 0 Å². The third kappa shape index (κ3) is 3.96. The molecule has 2 aromatic rings. The molecule has 0 spiro atoms. The maximum absolute atomic E-state index is 13.0. The summed E-state index contributed by atoms with van der Waals surface area (Å²) in [6.45, 7) is 0.928. The average Bonchev–Trinajstić information content (AvgIpc) is 2.91. The van der Waals surface area contributed by atoms with Crippen molar-refractivity contribution in [2.75, 3.05) is 11.9 Å². The van der Waals surface area contributed by atoms with Gasteiger partial charge in [-0.15, -0.1) is 0 Å². The van der Waals surface area contributed by atoms with Gasteiger partial charge in [0.1, 0.15) is 17.5 Å². The largest absolute Gasteiger partial charge is 0.368 e. The molecule has 3 rings (SSSR count). The van der Waals surface area contributed by atoms with Crippen LogP contribution >= 0.6 is 15.9 Å². The molecule has 8 heteroatoms. The van der Waals surface area contributed by atoms with Crippen LogP contribution in [0.3, 0.4) is 0 Å². The number of nitrogens with one attached hydrogen (secondary N) is 1. The van der Waals surface area contributed by atoms with Crippen molar-refractivity contribution >= 4 is 33.2 Å². The van der Waals surface area contributed by atoms with Gasteiger partial charge in [-0.05, 0) is 36.2 Å². The van der Waals surface area contributed by atoms with Gasteiger partial charge in [0.25, 0.3) is 5.69 Å². The Morgan fingerprint density at radius 1 is 1.28 bits per heavy atom. The molecular formula is C17H15BrFN3O3. The van der Waals surface area contributed by atoms with Gasteiger partial charge in [-0.2, -0.15) is 0 Å². The zero-order valence-electron chi connectivity index (χ0n) is 13.1. The number of amides is 1. The molecule has 130 valence electrons. The number of carbonyl (C=O) groups excluding carboxylic acids is 1. The number of nitro benzene ring substituents is 1. The first-order chi connectivity index (χ1) is 11.9. The van der Waals surface area contributed by atoms with Crippen molar-refractivity contribution in [1.29, 1.82) is 0 Å². The molecule has 0 aromatic heterocycles. The fraction of sp³-hybridized carbons (Fsp3) is 0.235. The van der Waals surface area contributed by atoms with Gasteiger partial charge in [-0.1, -0.05) is 28.1 Å². The van der Waals surface area contributed by atoms with Crippen LogP contribution in [0.15, 0.2) is 46.9 Å². The summed E-state index contributed by atoms with van der Waals surface area (Å²) in [4.78, 5) is 24.9. The molecular weight excluding hydrogens is 393 g/mol. The first-order valence-corrected chi connectivity index (χ1v) is 8.47. The quantitative estimate of drug-likeness (QED) is 0.605. The molecule has 0 bridgehead atoms. The van der Waals surface area contributed by atoms with E-state index in [1.807, 2.05) is 0 Å². The minimum absolute atomic E-state index is 0.0841. The summed E-state index contributed by atoms with van der Waals surface area (Å²) in [7, 11) is 0. The summed E-state index contributed by atoms with van der Waals surface area (Å²) in [5.74, 6) is -0.444. The number of hydrogen-bond acceptors (Lipinski definition) is 4. The molecule has 1 atom stereocenters. The summed E-state index contributed by atoms with van der Waals surface area (Å²) < 4.78 is 13.6. The van der Waals surface area contributed by atoms with Gasteiger partial charge in [0.2, 0.25) is 5.91 Å². The second-order valence-electron chi connectivity index (χ2n) is 5.79. The van der Waals surface area contributed by atoms with Gasteiger partial charge >= 0.3 is 0 Å². The Hall–Kier alpha value is -2.48. The molecule has 1 N–H and O–H groups in total. The molecule has 1 fully saturated rings. The summed E-state index contributed by atoms with van der Waals surface area (Å²) in [6, 6.07) is 10.2. The second kappa shape index (κ2) is 7.18. The molecule has 1 heterocycles. The van der Waals surface area contributed by atoms with Crippen LogP contribution in [0, 0.1) is 15.9 Å². The number of carbonyl (C=O) groups is 1. The zero-order chi connectivity index (χ0) is 18.0. The first kappa shape index (κ1) is 17.3. The highest BCUT2D eigenvalue weighted by atomic mass is 79.9. The molecule has 1 amide bonds. The predicted octanol–water partition coefficient (Wildman–Crippen LogP) is 3.71. The molecule has 1 saturated heterocycles. The van der Waals surface area contributed by atoms with Crippen LogP contribution in [0.25, 0.3) is 0 Å². The molecule has 6 nitrogen and oxygen atoms in total. The lowest BCUT2D eigenvalue weighted by molar-refractivity contribution is -0.384. The van der Waals surface area contributed by atoms with E-state index in [9.17, 15) is 19.3 Å².